The van der Waals surface area contributed by atoms with Crippen molar-refractivity contribution in [1.82, 2.24) is 20.1 Å². The highest BCUT2D eigenvalue weighted by atomic mass is 32.1. The van der Waals surface area contributed by atoms with Crippen molar-refractivity contribution in [2.75, 3.05) is 39.3 Å². The molecule has 1 amide bonds. The van der Waals surface area contributed by atoms with Crippen molar-refractivity contribution in [3.63, 3.8) is 0 Å². The second kappa shape index (κ2) is 12.0. The Kier molecular flexibility index (Phi) is 8.26. The molecule has 236 valence electrons. The third-order valence-corrected chi connectivity index (χ3v) is 12.8. The van der Waals surface area contributed by atoms with Crippen molar-refractivity contribution >= 4 is 33.2 Å². The number of hydrogen-bond acceptors (Lipinski definition) is 5. The molecule has 1 aromatic carbocycles. The number of carbonyl (C=O) groups is 2. The standard InChI is InChI=1S/C37H50N4O2S/c1-23-17-24(2)19-27(18-23)34-28(11-16-40-14-9-25(10-15-40)20-32(42)41-12-5-6-13-41)29-21-31(44-36(29)39-34)37(3,4)35(43)33-26-7-8-30(33)38-22-26/h17-19,21,25-26,30,33,38-39H,5-16,20,22H2,1-4H3. The maximum Gasteiger partial charge on any atom is 0.222 e. The minimum absolute atomic E-state index is 0.157. The number of nitrogens with one attached hydrogen (secondary N) is 2. The van der Waals surface area contributed by atoms with E-state index in [4.69, 9.17) is 0 Å². The predicted octanol–water partition coefficient (Wildman–Crippen LogP) is 6.62. The van der Waals surface area contributed by atoms with Crippen LogP contribution in [0.3, 0.4) is 0 Å². The van der Waals surface area contributed by atoms with Crippen LogP contribution < -0.4 is 5.32 Å². The van der Waals surface area contributed by atoms with Crippen LogP contribution >= 0.6 is 11.3 Å². The molecule has 3 aromatic rings. The molecule has 2 aromatic heterocycles. The number of aromatic amines is 1. The predicted molar refractivity (Wildman–Crippen MR) is 180 cm³/mol. The van der Waals surface area contributed by atoms with Gasteiger partial charge in [-0.3, -0.25) is 9.59 Å². The fourth-order valence-electron chi connectivity index (χ4n) is 8.77. The van der Waals surface area contributed by atoms with Crippen LogP contribution in [0.2, 0.25) is 0 Å². The molecular weight excluding hydrogens is 565 g/mol. The summed E-state index contributed by atoms with van der Waals surface area (Å²) in [7, 11) is 0. The van der Waals surface area contributed by atoms with Crippen LogP contribution in [-0.2, 0) is 21.4 Å². The van der Waals surface area contributed by atoms with Crippen molar-refractivity contribution in [1.29, 1.82) is 0 Å². The number of rotatable bonds is 9. The number of carbonyl (C=O) groups excluding carboxylic acids is 2. The largest absolute Gasteiger partial charge is 0.346 e. The van der Waals surface area contributed by atoms with E-state index in [0.29, 0.717) is 29.6 Å². The number of H-pyrrole nitrogens is 1. The third-order valence-electron chi connectivity index (χ3n) is 11.4. The summed E-state index contributed by atoms with van der Waals surface area (Å²) in [6.45, 7) is 14.7. The van der Waals surface area contributed by atoms with E-state index >= 15 is 0 Å². The summed E-state index contributed by atoms with van der Waals surface area (Å²) in [5.41, 5.74) is 5.93. The number of nitrogens with zero attached hydrogens (tertiary/aromatic N) is 2. The van der Waals surface area contributed by atoms with Gasteiger partial charge in [-0.25, -0.2) is 0 Å². The minimum Gasteiger partial charge on any atom is -0.346 e. The van der Waals surface area contributed by atoms with Gasteiger partial charge < -0.3 is 20.1 Å². The summed E-state index contributed by atoms with van der Waals surface area (Å²) in [4.78, 5) is 37.6. The topological polar surface area (TPSA) is 68.4 Å². The molecule has 1 saturated carbocycles. The summed E-state index contributed by atoms with van der Waals surface area (Å²) in [6, 6.07) is 9.55. The van der Waals surface area contributed by atoms with E-state index in [2.05, 4.69) is 72.1 Å². The molecule has 2 N–H and O–H groups in total. The number of aryl methyl sites for hydroxylation is 2. The lowest BCUT2D eigenvalue weighted by atomic mass is 9.76. The molecule has 7 rings (SSSR count). The Balaban J connectivity index is 1.10. The number of fused-ring (bicyclic) bond motifs is 3. The number of hydrogen-bond donors (Lipinski definition) is 2. The van der Waals surface area contributed by atoms with Crippen LogP contribution in [0.15, 0.2) is 24.3 Å². The first-order valence-electron chi connectivity index (χ1n) is 17.2. The second-order valence-corrected chi connectivity index (χ2v) is 16.0. The highest BCUT2D eigenvalue weighted by Crippen LogP contribution is 2.45. The highest BCUT2D eigenvalue weighted by Gasteiger charge is 2.50. The first-order valence-corrected chi connectivity index (χ1v) is 18.0. The minimum atomic E-state index is -0.492. The lowest BCUT2D eigenvalue weighted by Crippen LogP contribution is -2.39. The Hall–Kier alpha value is -2.48. The molecule has 2 bridgehead atoms. The van der Waals surface area contributed by atoms with E-state index in [9.17, 15) is 9.59 Å². The van der Waals surface area contributed by atoms with Gasteiger partial charge in [-0.15, -0.1) is 11.3 Å². The van der Waals surface area contributed by atoms with Crippen LogP contribution in [0.4, 0.5) is 0 Å². The van der Waals surface area contributed by atoms with Gasteiger partial charge in [0.25, 0.3) is 0 Å². The van der Waals surface area contributed by atoms with Crippen molar-refractivity contribution < 1.29 is 9.59 Å². The Bertz CT molecular complexity index is 1500. The summed E-state index contributed by atoms with van der Waals surface area (Å²) >= 11 is 1.78. The molecule has 3 atom stereocenters. The molecule has 44 heavy (non-hydrogen) atoms. The number of piperidine rings is 2. The van der Waals surface area contributed by atoms with Gasteiger partial charge in [0.15, 0.2) is 0 Å². The Labute approximate surface area is 267 Å². The number of aromatic nitrogens is 1. The number of likely N-dealkylation sites (tertiary alicyclic amines) is 2. The van der Waals surface area contributed by atoms with Crippen LogP contribution in [-0.4, -0.2) is 71.8 Å². The fraction of sp³-hybridized carbons (Fsp3) is 0.622. The van der Waals surface area contributed by atoms with Crippen molar-refractivity contribution in [2.45, 2.75) is 90.5 Å². The zero-order valence-corrected chi connectivity index (χ0v) is 28.0. The summed E-state index contributed by atoms with van der Waals surface area (Å²) in [5, 5.41) is 4.89. The lowest BCUT2D eigenvalue weighted by molar-refractivity contribution is -0.131. The van der Waals surface area contributed by atoms with Gasteiger partial charge in [-0.1, -0.05) is 17.2 Å². The van der Waals surface area contributed by atoms with E-state index in [1.165, 1.54) is 62.3 Å². The number of benzene rings is 1. The highest BCUT2D eigenvalue weighted by molar-refractivity contribution is 7.19. The van der Waals surface area contributed by atoms with Gasteiger partial charge in [0.2, 0.25) is 5.91 Å². The zero-order chi connectivity index (χ0) is 30.6. The van der Waals surface area contributed by atoms with E-state index in [-0.39, 0.29) is 5.92 Å². The van der Waals surface area contributed by atoms with E-state index in [1.54, 1.807) is 11.3 Å². The molecule has 5 heterocycles. The van der Waals surface area contributed by atoms with Gasteiger partial charge >= 0.3 is 0 Å². The first kappa shape index (κ1) is 30.2. The molecule has 0 radical (unpaired) electrons. The fourth-order valence-corrected chi connectivity index (χ4v) is 9.97. The Morgan fingerprint density at radius 2 is 1.68 bits per heavy atom. The average molecular weight is 615 g/mol. The van der Waals surface area contributed by atoms with Gasteiger partial charge in [0.05, 0.1) is 11.1 Å². The number of ketones is 1. The first-order chi connectivity index (χ1) is 21.2. The van der Waals surface area contributed by atoms with E-state index in [0.717, 1.165) is 71.4 Å². The average Bonchev–Trinajstić information content (AvgIpc) is 3.83. The number of thiophene rings is 1. The SMILES string of the molecule is Cc1cc(C)cc(-c2[nH]c3sc(C(C)(C)C(=O)C4C5CCC4NC5)cc3c2CCN2CCC(CC(=O)N3CCCC3)CC2)c1. The molecule has 3 saturated heterocycles. The van der Waals surface area contributed by atoms with Gasteiger partial charge in [0, 0.05) is 48.3 Å². The van der Waals surface area contributed by atoms with Gasteiger partial charge in [0.1, 0.15) is 10.6 Å². The molecule has 7 heteroatoms. The Morgan fingerprint density at radius 1 is 0.955 bits per heavy atom. The zero-order valence-electron chi connectivity index (χ0n) is 27.1. The second-order valence-electron chi connectivity index (χ2n) is 14.9. The molecule has 6 nitrogen and oxygen atoms in total. The van der Waals surface area contributed by atoms with Crippen LogP contribution in [0, 0.1) is 31.6 Å². The molecule has 4 fully saturated rings. The maximum atomic E-state index is 14.0. The van der Waals surface area contributed by atoms with Crippen LogP contribution in [0.25, 0.3) is 21.5 Å². The molecule has 1 aliphatic carbocycles. The molecule has 3 aliphatic heterocycles. The molecule has 3 unspecified atom stereocenters. The molecule has 0 spiro atoms. The van der Waals surface area contributed by atoms with Crippen molar-refractivity contribution in [3.8, 4) is 11.3 Å². The van der Waals surface area contributed by atoms with Crippen LogP contribution in [0.5, 0.6) is 0 Å². The normalized spacial score (nSPS) is 24.6. The lowest BCUT2D eigenvalue weighted by Gasteiger charge is -2.32. The maximum absolute atomic E-state index is 14.0. The van der Waals surface area contributed by atoms with E-state index in [1.807, 2.05) is 0 Å². The molecule has 4 aliphatic rings. The number of amides is 1. The Morgan fingerprint density at radius 3 is 2.32 bits per heavy atom. The van der Waals surface area contributed by atoms with Crippen molar-refractivity contribution in [3.05, 3.63) is 45.8 Å². The third kappa shape index (κ3) is 5.69. The van der Waals surface area contributed by atoms with Gasteiger partial charge in [-0.2, -0.15) is 0 Å². The smallest absolute Gasteiger partial charge is 0.222 e. The number of Topliss-reactive ketones (excluding diaryl/α,β-unsaturated/α-hetero) is 1. The van der Waals surface area contributed by atoms with Crippen LogP contribution in [0.1, 0.15) is 80.4 Å². The summed E-state index contributed by atoms with van der Waals surface area (Å²) in [5.74, 6) is 1.98. The summed E-state index contributed by atoms with van der Waals surface area (Å²) in [6.07, 6.45) is 8.58. The van der Waals surface area contributed by atoms with E-state index < -0.39 is 5.41 Å². The van der Waals surface area contributed by atoms with Gasteiger partial charge in [-0.05, 0) is 133 Å². The molecular formula is C37H50N4O2S. The monoisotopic (exact) mass is 614 g/mol. The summed E-state index contributed by atoms with van der Waals surface area (Å²) < 4.78 is 0. The quantitative estimate of drug-likeness (QED) is 0.284. The van der Waals surface area contributed by atoms with Crippen molar-refractivity contribution in [2.24, 2.45) is 17.8 Å².